The molecule has 0 saturated carbocycles. The monoisotopic (exact) mass is 138 g/mol. The van der Waals surface area contributed by atoms with Gasteiger partial charge in [0.25, 0.3) is 0 Å². The molecule has 1 heterocycles. The highest BCUT2D eigenvalue weighted by Crippen LogP contribution is 1.86. The second-order valence-corrected chi connectivity index (χ2v) is 1.70. The number of aliphatic carboxylic acids is 1. The van der Waals surface area contributed by atoms with Crippen LogP contribution in [-0.4, -0.2) is 29.5 Å². The van der Waals surface area contributed by atoms with Gasteiger partial charge in [-0.3, -0.25) is 4.99 Å². The second-order valence-electron chi connectivity index (χ2n) is 1.70. The molecule has 4 heteroatoms. The van der Waals surface area contributed by atoms with Crippen LogP contribution in [-0.2, 0) is 4.79 Å². The summed E-state index contributed by atoms with van der Waals surface area (Å²) in [4.78, 5) is 17.6. The van der Waals surface area contributed by atoms with E-state index in [0.29, 0.717) is 6.54 Å². The van der Waals surface area contributed by atoms with Crippen molar-refractivity contribution in [2.75, 3.05) is 6.54 Å². The molecular weight excluding hydrogens is 132 g/mol. The molecule has 52 valence electrons. The molecule has 1 N–H and O–H groups in total. The molecule has 0 bridgehead atoms. The molecule has 0 fully saturated rings. The zero-order chi connectivity index (χ0) is 7.40. The molecule has 0 saturated heterocycles. The quantitative estimate of drug-likeness (QED) is 0.559. The first kappa shape index (κ1) is 6.67. The molecule has 1 aliphatic heterocycles. The number of aliphatic imine (C=N–C) groups is 2. The Morgan fingerprint density at radius 2 is 2.50 bits per heavy atom. The van der Waals surface area contributed by atoms with Gasteiger partial charge in [0.1, 0.15) is 0 Å². The van der Waals surface area contributed by atoms with Crippen molar-refractivity contribution in [2.45, 2.75) is 0 Å². The predicted octanol–water partition coefficient (Wildman–Crippen LogP) is 0.110. The van der Waals surface area contributed by atoms with Crippen molar-refractivity contribution in [3.63, 3.8) is 0 Å². The van der Waals surface area contributed by atoms with Gasteiger partial charge in [0, 0.05) is 6.20 Å². The average Bonchev–Trinajstić information content (AvgIpc) is 2.12. The van der Waals surface area contributed by atoms with Gasteiger partial charge in [-0.1, -0.05) is 0 Å². The van der Waals surface area contributed by atoms with Crippen molar-refractivity contribution in [1.29, 1.82) is 0 Å². The van der Waals surface area contributed by atoms with Crippen molar-refractivity contribution >= 4 is 17.9 Å². The SMILES string of the molecule is O=C(O)C1=NC=CCN=C1. The maximum absolute atomic E-state index is 10.3. The van der Waals surface area contributed by atoms with Gasteiger partial charge < -0.3 is 5.11 Å². The minimum Gasteiger partial charge on any atom is -0.476 e. The highest BCUT2D eigenvalue weighted by molar-refractivity contribution is 6.59. The van der Waals surface area contributed by atoms with Crippen LogP contribution in [0.1, 0.15) is 0 Å². The Morgan fingerprint density at radius 1 is 1.70 bits per heavy atom. The number of nitrogens with zero attached hydrogens (tertiary/aromatic N) is 2. The van der Waals surface area contributed by atoms with Crippen LogP contribution in [0, 0.1) is 0 Å². The standard InChI is InChI=1S/C6H6N2O2/c9-6(10)5-4-7-2-1-3-8-5/h1,3-4H,2H2,(H,9,10). The zero-order valence-electron chi connectivity index (χ0n) is 5.19. The molecule has 0 spiro atoms. The maximum Gasteiger partial charge on any atom is 0.356 e. The van der Waals surface area contributed by atoms with Crippen LogP contribution >= 0.6 is 0 Å². The Morgan fingerprint density at radius 3 is 3.20 bits per heavy atom. The Balaban J connectivity index is 2.83. The van der Waals surface area contributed by atoms with E-state index in [1.807, 2.05) is 0 Å². The number of hydrogen-bond donors (Lipinski definition) is 1. The number of rotatable bonds is 1. The molecule has 0 atom stereocenters. The topological polar surface area (TPSA) is 62.0 Å². The molecule has 0 aromatic carbocycles. The van der Waals surface area contributed by atoms with Gasteiger partial charge in [-0.15, -0.1) is 0 Å². The van der Waals surface area contributed by atoms with Gasteiger partial charge in [0.15, 0.2) is 5.71 Å². The van der Waals surface area contributed by atoms with Gasteiger partial charge in [-0.2, -0.15) is 0 Å². The third-order valence-corrected chi connectivity index (χ3v) is 0.963. The lowest BCUT2D eigenvalue weighted by atomic mass is 10.4. The summed E-state index contributed by atoms with van der Waals surface area (Å²) in [6.07, 6.45) is 4.38. The Hall–Kier alpha value is -1.45. The van der Waals surface area contributed by atoms with Gasteiger partial charge in [-0.05, 0) is 6.08 Å². The van der Waals surface area contributed by atoms with Crippen LogP contribution in [0.2, 0.25) is 0 Å². The first-order chi connectivity index (χ1) is 4.80. The van der Waals surface area contributed by atoms with Crippen molar-refractivity contribution in [2.24, 2.45) is 9.98 Å². The largest absolute Gasteiger partial charge is 0.476 e. The van der Waals surface area contributed by atoms with Crippen molar-refractivity contribution < 1.29 is 9.90 Å². The molecule has 0 aliphatic carbocycles. The molecule has 4 nitrogen and oxygen atoms in total. The summed E-state index contributed by atoms with van der Waals surface area (Å²) in [6, 6.07) is 0. The lowest BCUT2D eigenvalue weighted by Gasteiger charge is -1.85. The van der Waals surface area contributed by atoms with Gasteiger partial charge >= 0.3 is 5.97 Å². The van der Waals surface area contributed by atoms with E-state index in [-0.39, 0.29) is 5.71 Å². The highest BCUT2D eigenvalue weighted by atomic mass is 16.4. The van der Waals surface area contributed by atoms with Crippen LogP contribution in [0.5, 0.6) is 0 Å². The summed E-state index contributed by atoms with van der Waals surface area (Å²) in [6.45, 7) is 0.500. The fourth-order valence-corrected chi connectivity index (χ4v) is 0.524. The second kappa shape index (κ2) is 2.91. The highest BCUT2D eigenvalue weighted by Gasteiger charge is 2.04. The third-order valence-electron chi connectivity index (χ3n) is 0.963. The lowest BCUT2D eigenvalue weighted by molar-refractivity contribution is -0.129. The normalized spacial score (nSPS) is 16.2. The van der Waals surface area contributed by atoms with Crippen LogP contribution < -0.4 is 0 Å². The minimum absolute atomic E-state index is 0.0197. The van der Waals surface area contributed by atoms with E-state index < -0.39 is 5.97 Å². The summed E-state index contributed by atoms with van der Waals surface area (Å²) in [5.41, 5.74) is -0.0197. The molecule has 0 aromatic heterocycles. The minimum atomic E-state index is -1.05. The molecule has 1 aliphatic rings. The van der Waals surface area contributed by atoms with Crippen molar-refractivity contribution in [1.82, 2.24) is 0 Å². The fourth-order valence-electron chi connectivity index (χ4n) is 0.524. The van der Waals surface area contributed by atoms with Crippen molar-refractivity contribution in [3.05, 3.63) is 12.3 Å². The Kier molecular flexibility index (Phi) is 1.94. The smallest absolute Gasteiger partial charge is 0.356 e. The van der Waals surface area contributed by atoms with Crippen LogP contribution in [0.15, 0.2) is 22.3 Å². The fraction of sp³-hybridized carbons (Fsp3) is 0.167. The van der Waals surface area contributed by atoms with Crippen LogP contribution in [0.3, 0.4) is 0 Å². The van der Waals surface area contributed by atoms with Gasteiger partial charge in [0.05, 0.1) is 12.8 Å². The number of hydrogen-bond acceptors (Lipinski definition) is 3. The first-order valence-corrected chi connectivity index (χ1v) is 2.76. The van der Waals surface area contributed by atoms with E-state index in [4.69, 9.17) is 5.11 Å². The Bertz CT molecular complexity index is 228. The molecule has 0 aromatic rings. The maximum atomic E-state index is 10.3. The number of carboxylic acids is 1. The van der Waals surface area contributed by atoms with Crippen molar-refractivity contribution in [3.8, 4) is 0 Å². The molecule has 0 amide bonds. The summed E-state index contributed by atoms with van der Waals surface area (Å²) in [5, 5.41) is 8.41. The molecule has 0 unspecified atom stereocenters. The molecule has 1 rings (SSSR count). The van der Waals surface area contributed by atoms with Crippen LogP contribution in [0.4, 0.5) is 0 Å². The number of carbonyl (C=O) groups is 1. The van der Waals surface area contributed by atoms with E-state index in [0.717, 1.165) is 0 Å². The summed E-state index contributed by atoms with van der Waals surface area (Å²) in [5.74, 6) is -1.05. The van der Waals surface area contributed by atoms with Gasteiger partial charge in [-0.25, -0.2) is 9.79 Å². The zero-order valence-corrected chi connectivity index (χ0v) is 5.19. The van der Waals surface area contributed by atoms with E-state index in [2.05, 4.69) is 9.98 Å². The van der Waals surface area contributed by atoms with E-state index in [1.54, 1.807) is 6.08 Å². The van der Waals surface area contributed by atoms with Crippen LogP contribution in [0.25, 0.3) is 0 Å². The summed E-state index contributed by atoms with van der Waals surface area (Å²) >= 11 is 0. The predicted molar refractivity (Wildman–Crippen MR) is 37.6 cm³/mol. The molecular formula is C6H6N2O2. The summed E-state index contributed by atoms with van der Waals surface area (Å²) in [7, 11) is 0. The van der Waals surface area contributed by atoms with E-state index in [9.17, 15) is 4.79 Å². The first-order valence-electron chi connectivity index (χ1n) is 2.76. The lowest BCUT2D eigenvalue weighted by Crippen LogP contribution is -2.13. The molecule has 10 heavy (non-hydrogen) atoms. The van der Waals surface area contributed by atoms with E-state index >= 15 is 0 Å². The van der Waals surface area contributed by atoms with Gasteiger partial charge in [0.2, 0.25) is 0 Å². The third kappa shape index (κ3) is 1.51. The average molecular weight is 138 g/mol. The summed E-state index contributed by atoms with van der Waals surface area (Å²) < 4.78 is 0. The Labute approximate surface area is 57.6 Å². The van der Waals surface area contributed by atoms with E-state index in [1.165, 1.54) is 12.4 Å². The molecule has 0 radical (unpaired) electrons. The number of carboxylic acid groups (broad SMARTS) is 1.